The topological polar surface area (TPSA) is 73.4 Å². The van der Waals surface area contributed by atoms with Crippen molar-refractivity contribution in [2.75, 3.05) is 0 Å². The molecule has 1 heterocycles. The third kappa shape index (κ3) is 3.67. The number of halogens is 3. The second kappa shape index (κ2) is 6.39. The van der Waals surface area contributed by atoms with E-state index >= 15 is 0 Å². The molecule has 0 N–H and O–H groups in total. The molecule has 0 saturated heterocycles. The molecule has 1 aromatic rings. The number of hydrogen-bond donors (Lipinski definition) is 0. The zero-order valence-electron chi connectivity index (χ0n) is 13.7. The summed E-state index contributed by atoms with van der Waals surface area (Å²) in [5.41, 5.74) is 0.0971. The van der Waals surface area contributed by atoms with Crippen LogP contribution in [-0.4, -0.2) is 16.1 Å². The van der Waals surface area contributed by atoms with Gasteiger partial charge in [-0.3, -0.25) is 0 Å². The van der Waals surface area contributed by atoms with Gasteiger partial charge >= 0.3 is 6.18 Å². The van der Waals surface area contributed by atoms with Crippen molar-refractivity contribution in [1.82, 2.24) is 9.97 Å². The number of nitriles is 2. The highest BCUT2D eigenvalue weighted by Gasteiger charge is 2.39. The summed E-state index contributed by atoms with van der Waals surface area (Å²) in [7, 11) is 0. The van der Waals surface area contributed by atoms with Gasteiger partial charge in [0.2, 0.25) is 0 Å². The van der Waals surface area contributed by atoms with Crippen LogP contribution in [0.15, 0.2) is 6.20 Å². The first kappa shape index (κ1) is 18.2. The first-order chi connectivity index (χ1) is 11.2. The molecule has 1 unspecified atom stereocenters. The van der Waals surface area contributed by atoms with Crippen LogP contribution in [0.2, 0.25) is 0 Å². The van der Waals surface area contributed by atoms with Crippen LogP contribution in [0, 0.1) is 28.1 Å². The molecule has 0 fully saturated rings. The summed E-state index contributed by atoms with van der Waals surface area (Å²) in [5, 5.41) is 18.6. The summed E-state index contributed by atoms with van der Waals surface area (Å²) in [4.78, 5) is 8.69. The Morgan fingerprint density at radius 2 is 1.92 bits per heavy atom. The SMILES string of the molecule is CCC1(C)CCc2cnc(CC(C#N)(C#N)CCC(F)(F)F)nc21. The molecule has 0 aliphatic heterocycles. The quantitative estimate of drug-likeness (QED) is 0.814. The monoisotopic (exact) mass is 336 g/mol. The summed E-state index contributed by atoms with van der Waals surface area (Å²) < 4.78 is 37.4. The van der Waals surface area contributed by atoms with Gasteiger partial charge in [-0.2, -0.15) is 23.7 Å². The van der Waals surface area contributed by atoms with Gasteiger partial charge in [0.05, 0.1) is 17.8 Å². The predicted octanol–water partition coefficient (Wildman–Crippen LogP) is 4.01. The third-order valence-electron chi connectivity index (χ3n) is 4.94. The van der Waals surface area contributed by atoms with Crippen LogP contribution in [-0.2, 0) is 18.3 Å². The smallest absolute Gasteiger partial charge is 0.241 e. The van der Waals surface area contributed by atoms with Crippen LogP contribution in [0.4, 0.5) is 13.2 Å². The second-order valence-electron chi connectivity index (χ2n) is 6.67. The molecule has 7 heteroatoms. The summed E-state index contributed by atoms with van der Waals surface area (Å²) in [6.07, 6.45) is -1.95. The van der Waals surface area contributed by atoms with E-state index < -0.39 is 24.4 Å². The Balaban J connectivity index is 2.27. The van der Waals surface area contributed by atoms with Gasteiger partial charge in [0, 0.05) is 24.5 Å². The molecular formula is C17H19F3N4. The lowest BCUT2D eigenvalue weighted by molar-refractivity contribution is -0.138. The molecule has 4 nitrogen and oxygen atoms in total. The number of alkyl halides is 3. The van der Waals surface area contributed by atoms with Gasteiger partial charge in [-0.1, -0.05) is 13.8 Å². The number of fused-ring (bicyclic) bond motifs is 1. The van der Waals surface area contributed by atoms with Crippen molar-refractivity contribution in [2.24, 2.45) is 5.41 Å². The normalized spacial score (nSPS) is 20.3. The molecule has 128 valence electrons. The first-order valence-electron chi connectivity index (χ1n) is 7.91. The summed E-state index contributed by atoms with van der Waals surface area (Å²) >= 11 is 0. The van der Waals surface area contributed by atoms with E-state index in [1.54, 1.807) is 18.3 Å². The number of nitrogens with zero attached hydrogens (tertiary/aromatic N) is 4. The third-order valence-corrected chi connectivity index (χ3v) is 4.94. The van der Waals surface area contributed by atoms with Crippen LogP contribution in [0.3, 0.4) is 0 Å². The summed E-state index contributed by atoms with van der Waals surface area (Å²) in [6.45, 7) is 4.16. The molecule has 1 aromatic heterocycles. The van der Waals surface area contributed by atoms with E-state index in [0.717, 1.165) is 30.5 Å². The standard InChI is InChI=1S/C17H19F3N4/c1-3-15(2)5-4-12-9-23-13(24-14(12)15)8-16(10-21,11-22)6-7-17(18,19)20/h9H,3-8H2,1-2H3. The number of hydrogen-bond acceptors (Lipinski definition) is 4. The van der Waals surface area contributed by atoms with Crippen molar-refractivity contribution < 1.29 is 13.2 Å². The van der Waals surface area contributed by atoms with Crippen molar-refractivity contribution in [2.45, 2.75) is 64.0 Å². The number of rotatable bonds is 5. The minimum absolute atomic E-state index is 0.0824. The predicted molar refractivity (Wildman–Crippen MR) is 80.6 cm³/mol. The van der Waals surface area contributed by atoms with Crippen LogP contribution in [0.25, 0.3) is 0 Å². The molecule has 1 atom stereocenters. The maximum atomic E-state index is 12.5. The van der Waals surface area contributed by atoms with Crippen molar-refractivity contribution >= 4 is 0 Å². The van der Waals surface area contributed by atoms with E-state index in [0.29, 0.717) is 0 Å². The molecule has 2 rings (SSSR count). The Morgan fingerprint density at radius 1 is 1.25 bits per heavy atom. The van der Waals surface area contributed by atoms with E-state index in [9.17, 15) is 23.7 Å². The molecule has 1 aliphatic carbocycles. The Hall–Kier alpha value is -2.15. The fourth-order valence-corrected chi connectivity index (χ4v) is 3.04. The number of aromatic nitrogens is 2. The highest BCUT2D eigenvalue weighted by atomic mass is 19.4. The Morgan fingerprint density at radius 3 is 2.46 bits per heavy atom. The zero-order chi connectivity index (χ0) is 18.0. The maximum Gasteiger partial charge on any atom is 0.389 e. The maximum absolute atomic E-state index is 12.5. The minimum atomic E-state index is -4.40. The Labute approximate surface area is 139 Å². The van der Waals surface area contributed by atoms with Crippen LogP contribution < -0.4 is 0 Å². The van der Waals surface area contributed by atoms with Crippen molar-refractivity contribution in [3.63, 3.8) is 0 Å². The van der Waals surface area contributed by atoms with E-state index in [2.05, 4.69) is 23.8 Å². The molecule has 0 aromatic carbocycles. The van der Waals surface area contributed by atoms with Crippen molar-refractivity contribution in [3.05, 3.63) is 23.3 Å². The molecule has 1 aliphatic rings. The van der Waals surface area contributed by atoms with E-state index in [1.807, 2.05) is 0 Å². The Kier molecular flexibility index (Phi) is 4.85. The summed E-state index contributed by atoms with van der Waals surface area (Å²) in [5.74, 6) is 0.264. The molecule has 0 saturated carbocycles. The number of aryl methyl sites for hydroxylation is 1. The van der Waals surface area contributed by atoms with Crippen LogP contribution in [0.1, 0.15) is 56.6 Å². The Bertz CT molecular complexity index is 685. The lowest BCUT2D eigenvalue weighted by Gasteiger charge is -2.23. The molecule has 0 radical (unpaired) electrons. The van der Waals surface area contributed by atoms with Crippen molar-refractivity contribution in [1.29, 1.82) is 10.5 Å². The minimum Gasteiger partial charge on any atom is -0.241 e. The van der Waals surface area contributed by atoms with E-state index in [4.69, 9.17) is 0 Å². The van der Waals surface area contributed by atoms with Gasteiger partial charge in [0.15, 0.2) is 5.41 Å². The van der Waals surface area contributed by atoms with Crippen LogP contribution >= 0.6 is 0 Å². The fourth-order valence-electron chi connectivity index (χ4n) is 3.04. The van der Waals surface area contributed by atoms with Crippen LogP contribution in [0.5, 0.6) is 0 Å². The lowest BCUT2D eigenvalue weighted by Crippen LogP contribution is -2.25. The van der Waals surface area contributed by atoms with Gasteiger partial charge in [0.1, 0.15) is 5.82 Å². The van der Waals surface area contributed by atoms with Gasteiger partial charge in [0.25, 0.3) is 0 Å². The van der Waals surface area contributed by atoms with E-state index in [-0.39, 0.29) is 17.7 Å². The highest BCUT2D eigenvalue weighted by molar-refractivity contribution is 5.32. The largest absolute Gasteiger partial charge is 0.389 e. The van der Waals surface area contributed by atoms with E-state index in [1.165, 1.54) is 0 Å². The second-order valence-corrected chi connectivity index (χ2v) is 6.67. The molecule has 0 spiro atoms. The molecular weight excluding hydrogens is 317 g/mol. The summed E-state index contributed by atoms with van der Waals surface area (Å²) in [6, 6.07) is 3.50. The highest BCUT2D eigenvalue weighted by Crippen LogP contribution is 2.40. The molecule has 0 bridgehead atoms. The molecule has 24 heavy (non-hydrogen) atoms. The molecule has 0 amide bonds. The van der Waals surface area contributed by atoms with Gasteiger partial charge in [-0.25, -0.2) is 9.97 Å². The van der Waals surface area contributed by atoms with Gasteiger partial charge in [-0.15, -0.1) is 0 Å². The average molecular weight is 336 g/mol. The van der Waals surface area contributed by atoms with Crippen molar-refractivity contribution in [3.8, 4) is 12.1 Å². The lowest BCUT2D eigenvalue weighted by atomic mass is 9.82. The fraction of sp³-hybridized carbons (Fsp3) is 0.647. The zero-order valence-corrected chi connectivity index (χ0v) is 13.7. The first-order valence-corrected chi connectivity index (χ1v) is 7.91. The average Bonchev–Trinajstić information content (AvgIpc) is 2.88. The van der Waals surface area contributed by atoms with Gasteiger partial charge in [-0.05, 0) is 31.2 Å². The van der Waals surface area contributed by atoms with Gasteiger partial charge < -0.3 is 0 Å².